The molecule has 0 aliphatic heterocycles. The van der Waals surface area contributed by atoms with E-state index in [2.05, 4.69) is 15.0 Å². The summed E-state index contributed by atoms with van der Waals surface area (Å²) in [5.41, 5.74) is 1.31. The summed E-state index contributed by atoms with van der Waals surface area (Å²) in [5, 5.41) is 2.80. The molecule has 0 fully saturated rings. The molecule has 1 unspecified atom stereocenters. The van der Waals surface area contributed by atoms with Crippen molar-refractivity contribution in [2.75, 3.05) is 0 Å². The average Bonchev–Trinajstić information content (AvgIpc) is 2.59. The van der Waals surface area contributed by atoms with E-state index in [9.17, 15) is 13.6 Å². The van der Waals surface area contributed by atoms with Gasteiger partial charge in [-0.1, -0.05) is 31.2 Å². The Morgan fingerprint density at radius 2 is 2.08 bits per heavy atom. The van der Waals surface area contributed by atoms with Crippen molar-refractivity contribution in [3.8, 4) is 5.75 Å². The number of halogens is 2. The molecule has 0 saturated carbocycles. The summed E-state index contributed by atoms with van der Waals surface area (Å²) in [5.74, 6) is -0.256. The van der Waals surface area contributed by atoms with Gasteiger partial charge in [0.25, 0.3) is 0 Å². The van der Waals surface area contributed by atoms with Crippen molar-refractivity contribution < 1.29 is 18.3 Å². The van der Waals surface area contributed by atoms with Crippen LogP contribution in [0.3, 0.4) is 0 Å². The lowest BCUT2D eigenvalue weighted by atomic mass is 10.0. The van der Waals surface area contributed by atoms with Crippen molar-refractivity contribution in [2.45, 2.75) is 26.0 Å². The van der Waals surface area contributed by atoms with Crippen LogP contribution in [0.1, 0.15) is 30.5 Å². The molecular weight excluding hydrogens is 314 g/mol. The minimum atomic E-state index is -2.91. The normalized spacial score (nSPS) is 12.3. The number of nitrogens with zero attached hydrogens (tertiary/aromatic N) is 1. The van der Waals surface area contributed by atoms with Gasteiger partial charge in [0.2, 0.25) is 5.91 Å². The van der Waals surface area contributed by atoms with E-state index in [0.29, 0.717) is 12.0 Å². The Labute approximate surface area is 139 Å². The van der Waals surface area contributed by atoms with Crippen LogP contribution in [0.15, 0.2) is 54.9 Å². The third-order valence-corrected chi connectivity index (χ3v) is 3.35. The van der Waals surface area contributed by atoms with E-state index < -0.39 is 12.7 Å². The lowest BCUT2D eigenvalue weighted by molar-refractivity contribution is -0.117. The summed E-state index contributed by atoms with van der Waals surface area (Å²) >= 11 is 0. The Balaban J connectivity index is 2.09. The van der Waals surface area contributed by atoms with E-state index in [-0.39, 0.29) is 11.7 Å². The van der Waals surface area contributed by atoms with Gasteiger partial charge in [-0.25, -0.2) is 0 Å². The van der Waals surface area contributed by atoms with E-state index in [4.69, 9.17) is 0 Å². The number of carbonyl (C=O) groups is 1. The molecule has 0 saturated heterocycles. The molecule has 1 heterocycles. The second-order valence-electron chi connectivity index (χ2n) is 5.01. The zero-order chi connectivity index (χ0) is 17.4. The van der Waals surface area contributed by atoms with Gasteiger partial charge >= 0.3 is 6.61 Å². The van der Waals surface area contributed by atoms with Crippen molar-refractivity contribution in [1.82, 2.24) is 10.3 Å². The highest BCUT2D eigenvalue weighted by molar-refractivity contribution is 5.92. The SMILES string of the molecule is CCC(NC(=O)/C=C/c1cccnc1)c1ccccc1OC(F)F. The molecule has 0 spiro atoms. The largest absolute Gasteiger partial charge is 0.434 e. The number of rotatable bonds is 7. The van der Waals surface area contributed by atoms with Gasteiger partial charge in [-0.15, -0.1) is 0 Å². The summed E-state index contributed by atoms with van der Waals surface area (Å²) in [6.45, 7) is -1.06. The Hall–Kier alpha value is -2.76. The summed E-state index contributed by atoms with van der Waals surface area (Å²) in [6.07, 6.45) is 6.83. The first-order valence-electron chi connectivity index (χ1n) is 7.52. The molecule has 1 amide bonds. The Kier molecular flexibility index (Phi) is 6.42. The van der Waals surface area contributed by atoms with Crippen molar-refractivity contribution in [1.29, 1.82) is 0 Å². The van der Waals surface area contributed by atoms with E-state index >= 15 is 0 Å². The quantitative estimate of drug-likeness (QED) is 0.781. The van der Waals surface area contributed by atoms with Gasteiger partial charge in [-0.2, -0.15) is 8.78 Å². The van der Waals surface area contributed by atoms with Crippen molar-refractivity contribution in [3.63, 3.8) is 0 Å². The second kappa shape index (κ2) is 8.76. The number of hydrogen-bond acceptors (Lipinski definition) is 3. The monoisotopic (exact) mass is 332 g/mol. The minimum Gasteiger partial charge on any atom is -0.434 e. The first-order chi connectivity index (χ1) is 11.6. The maximum atomic E-state index is 12.5. The smallest absolute Gasteiger partial charge is 0.387 e. The number of carbonyl (C=O) groups excluding carboxylic acids is 1. The van der Waals surface area contributed by atoms with Gasteiger partial charge in [0.05, 0.1) is 6.04 Å². The van der Waals surface area contributed by atoms with Crippen LogP contribution in [0.2, 0.25) is 0 Å². The van der Waals surface area contributed by atoms with Crippen LogP contribution in [-0.4, -0.2) is 17.5 Å². The number of hydrogen-bond donors (Lipinski definition) is 1. The molecule has 24 heavy (non-hydrogen) atoms. The number of nitrogens with one attached hydrogen (secondary N) is 1. The molecule has 126 valence electrons. The highest BCUT2D eigenvalue weighted by Crippen LogP contribution is 2.28. The van der Waals surface area contributed by atoms with Gasteiger partial charge in [0, 0.05) is 24.0 Å². The van der Waals surface area contributed by atoms with Crippen molar-refractivity contribution in [3.05, 3.63) is 66.0 Å². The first kappa shape index (κ1) is 17.6. The van der Waals surface area contributed by atoms with Crippen LogP contribution < -0.4 is 10.1 Å². The van der Waals surface area contributed by atoms with Crippen LogP contribution in [0, 0.1) is 0 Å². The third kappa shape index (κ3) is 5.15. The highest BCUT2D eigenvalue weighted by Gasteiger charge is 2.17. The summed E-state index contributed by atoms with van der Waals surface area (Å²) in [4.78, 5) is 16.0. The van der Waals surface area contributed by atoms with E-state index in [1.165, 1.54) is 12.1 Å². The van der Waals surface area contributed by atoms with Crippen LogP contribution >= 0.6 is 0 Å². The number of para-hydroxylation sites is 1. The van der Waals surface area contributed by atoms with E-state index in [0.717, 1.165) is 5.56 Å². The molecule has 0 radical (unpaired) electrons. The summed E-state index contributed by atoms with van der Waals surface area (Å²) in [7, 11) is 0. The minimum absolute atomic E-state index is 0.0656. The number of alkyl halides is 2. The lowest BCUT2D eigenvalue weighted by Crippen LogP contribution is -2.27. The number of pyridine rings is 1. The van der Waals surface area contributed by atoms with Crippen molar-refractivity contribution >= 4 is 12.0 Å². The first-order valence-corrected chi connectivity index (χ1v) is 7.52. The molecule has 1 atom stereocenters. The maximum Gasteiger partial charge on any atom is 0.387 e. The number of amides is 1. The van der Waals surface area contributed by atoms with Crippen LogP contribution in [-0.2, 0) is 4.79 Å². The van der Waals surface area contributed by atoms with Crippen LogP contribution in [0.4, 0.5) is 8.78 Å². The lowest BCUT2D eigenvalue weighted by Gasteiger charge is -2.19. The van der Waals surface area contributed by atoms with Crippen LogP contribution in [0.25, 0.3) is 6.08 Å². The fourth-order valence-electron chi connectivity index (χ4n) is 2.24. The fraction of sp³-hybridized carbons (Fsp3) is 0.222. The van der Waals surface area contributed by atoms with E-state index in [1.807, 2.05) is 13.0 Å². The number of benzene rings is 1. The molecule has 2 aromatic rings. The topological polar surface area (TPSA) is 51.2 Å². The van der Waals surface area contributed by atoms with Gasteiger partial charge in [0.15, 0.2) is 0 Å². The zero-order valence-electron chi connectivity index (χ0n) is 13.2. The van der Waals surface area contributed by atoms with Gasteiger partial charge in [-0.05, 0) is 30.2 Å². The molecule has 2 rings (SSSR count). The van der Waals surface area contributed by atoms with Crippen LogP contribution in [0.5, 0.6) is 5.75 Å². The predicted octanol–water partition coefficient (Wildman–Crippen LogP) is 3.96. The van der Waals surface area contributed by atoms with E-state index in [1.54, 1.807) is 42.7 Å². The molecular formula is C18H18F2N2O2. The Morgan fingerprint density at radius 3 is 2.75 bits per heavy atom. The average molecular weight is 332 g/mol. The van der Waals surface area contributed by atoms with Gasteiger partial charge in [0.1, 0.15) is 5.75 Å². The summed E-state index contributed by atoms with van der Waals surface area (Å²) in [6, 6.07) is 9.61. The van der Waals surface area contributed by atoms with Crippen molar-refractivity contribution in [2.24, 2.45) is 0 Å². The molecule has 6 heteroatoms. The Morgan fingerprint density at radius 1 is 1.29 bits per heavy atom. The Bertz CT molecular complexity index is 690. The third-order valence-electron chi connectivity index (χ3n) is 3.35. The summed E-state index contributed by atoms with van der Waals surface area (Å²) < 4.78 is 29.6. The molecule has 0 aliphatic carbocycles. The number of ether oxygens (including phenoxy) is 1. The fourth-order valence-corrected chi connectivity index (χ4v) is 2.24. The predicted molar refractivity (Wildman–Crippen MR) is 87.5 cm³/mol. The molecule has 0 aliphatic rings. The molecule has 1 aromatic heterocycles. The standard InChI is InChI=1S/C18H18F2N2O2/c1-2-15(14-7-3-4-8-16(14)24-18(19)20)22-17(23)10-9-13-6-5-11-21-12-13/h3-12,15,18H,2H2,1H3,(H,22,23)/b10-9+. The molecule has 1 N–H and O–H groups in total. The second-order valence-corrected chi connectivity index (χ2v) is 5.01. The number of aromatic nitrogens is 1. The van der Waals surface area contributed by atoms with Gasteiger partial charge in [-0.3, -0.25) is 9.78 Å². The highest BCUT2D eigenvalue weighted by atomic mass is 19.3. The molecule has 0 bridgehead atoms. The zero-order valence-corrected chi connectivity index (χ0v) is 13.2. The maximum absolute atomic E-state index is 12.5. The molecule has 1 aromatic carbocycles. The van der Waals surface area contributed by atoms with Gasteiger partial charge < -0.3 is 10.1 Å². The molecule has 4 nitrogen and oxygen atoms in total.